The molecule has 0 saturated heterocycles. The van der Waals surface area contributed by atoms with Crippen LogP contribution in [-0.2, 0) is 0 Å². The Bertz CT molecular complexity index is 523. The normalized spacial score (nSPS) is 11.0. The fourth-order valence-electron chi connectivity index (χ4n) is 2.33. The Kier molecular flexibility index (Phi) is 5.27. The first kappa shape index (κ1) is 15.0. The molecule has 0 unspecified atom stereocenters. The monoisotopic (exact) mass is 284 g/mol. The third-order valence-corrected chi connectivity index (χ3v) is 3.51. The number of aliphatic hydroxyl groups is 1. The lowest BCUT2D eigenvalue weighted by atomic mass is 9.88. The predicted molar refractivity (Wildman–Crippen MR) is 84.2 cm³/mol. The minimum Gasteiger partial charge on any atom is -0.516 e. The third-order valence-electron chi connectivity index (χ3n) is 3.51. The first-order chi connectivity index (χ1) is 10.3. The maximum Gasteiger partial charge on any atom is 0.118 e. The summed E-state index contributed by atoms with van der Waals surface area (Å²) in [6.07, 6.45) is 3.59. The molecule has 0 fully saturated rings. The molecule has 0 saturated carbocycles. The topological polar surface area (TPSA) is 38.7 Å². The molecule has 0 amide bonds. The summed E-state index contributed by atoms with van der Waals surface area (Å²) < 4.78 is 10.4. The van der Waals surface area contributed by atoms with Crippen LogP contribution in [0, 0.1) is 0 Å². The van der Waals surface area contributed by atoms with Gasteiger partial charge in [0.05, 0.1) is 20.5 Å². The van der Waals surface area contributed by atoms with Crippen LogP contribution in [0.1, 0.15) is 23.5 Å². The molecular formula is C18H20O3. The molecule has 2 aromatic carbocycles. The summed E-state index contributed by atoms with van der Waals surface area (Å²) in [6, 6.07) is 16.0. The fraction of sp³-hybridized carbons (Fsp3) is 0.222. The molecule has 110 valence electrons. The number of hydrogen-bond acceptors (Lipinski definition) is 3. The minimum absolute atomic E-state index is 0.185. The molecule has 0 aliphatic heterocycles. The van der Waals surface area contributed by atoms with Crippen molar-refractivity contribution >= 4 is 0 Å². The van der Waals surface area contributed by atoms with E-state index in [4.69, 9.17) is 14.6 Å². The zero-order valence-corrected chi connectivity index (χ0v) is 12.3. The molecule has 0 bridgehead atoms. The van der Waals surface area contributed by atoms with Crippen molar-refractivity contribution < 1.29 is 14.6 Å². The minimum atomic E-state index is 0.185. The van der Waals surface area contributed by atoms with Crippen LogP contribution in [0.5, 0.6) is 11.5 Å². The zero-order chi connectivity index (χ0) is 15.1. The van der Waals surface area contributed by atoms with Crippen LogP contribution in [0.2, 0.25) is 0 Å². The molecule has 0 spiro atoms. The maximum atomic E-state index is 8.95. The van der Waals surface area contributed by atoms with Gasteiger partial charge in [-0.1, -0.05) is 24.3 Å². The average Bonchev–Trinajstić information content (AvgIpc) is 2.56. The number of benzene rings is 2. The Morgan fingerprint density at radius 1 is 0.857 bits per heavy atom. The van der Waals surface area contributed by atoms with E-state index < -0.39 is 0 Å². The number of aliphatic hydroxyl groups excluding tert-OH is 1. The number of ether oxygens (including phenoxy) is 2. The van der Waals surface area contributed by atoms with Crippen LogP contribution in [0.4, 0.5) is 0 Å². The van der Waals surface area contributed by atoms with E-state index in [0.717, 1.165) is 24.2 Å². The van der Waals surface area contributed by atoms with Crippen molar-refractivity contribution in [1.82, 2.24) is 0 Å². The summed E-state index contributed by atoms with van der Waals surface area (Å²) in [6.45, 7) is 0. The van der Waals surface area contributed by atoms with Gasteiger partial charge < -0.3 is 14.6 Å². The van der Waals surface area contributed by atoms with Crippen LogP contribution >= 0.6 is 0 Å². The second-order valence-electron chi connectivity index (χ2n) is 4.72. The summed E-state index contributed by atoms with van der Waals surface area (Å²) in [7, 11) is 3.31. The van der Waals surface area contributed by atoms with Gasteiger partial charge in [-0.3, -0.25) is 0 Å². The Labute approximate surface area is 125 Å². The zero-order valence-electron chi connectivity index (χ0n) is 12.3. The van der Waals surface area contributed by atoms with Gasteiger partial charge in [-0.05, 0) is 47.9 Å². The molecule has 2 rings (SSSR count). The van der Waals surface area contributed by atoms with Crippen molar-refractivity contribution in [2.75, 3.05) is 14.2 Å². The smallest absolute Gasteiger partial charge is 0.118 e. The van der Waals surface area contributed by atoms with E-state index in [0.29, 0.717) is 0 Å². The molecule has 0 radical (unpaired) electrons. The van der Waals surface area contributed by atoms with E-state index in [9.17, 15) is 0 Å². The van der Waals surface area contributed by atoms with Crippen molar-refractivity contribution in [1.29, 1.82) is 0 Å². The van der Waals surface area contributed by atoms with E-state index >= 15 is 0 Å². The molecule has 2 aromatic rings. The Balaban J connectivity index is 2.31. The summed E-state index contributed by atoms with van der Waals surface area (Å²) >= 11 is 0. The van der Waals surface area contributed by atoms with Gasteiger partial charge in [-0.25, -0.2) is 0 Å². The molecule has 0 aromatic heterocycles. The lowest BCUT2D eigenvalue weighted by Gasteiger charge is -2.17. The lowest BCUT2D eigenvalue weighted by Crippen LogP contribution is -2.00. The second-order valence-corrected chi connectivity index (χ2v) is 4.72. The van der Waals surface area contributed by atoms with Crippen molar-refractivity contribution in [3.8, 4) is 11.5 Å². The van der Waals surface area contributed by atoms with Crippen LogP contribution in [-0.4, -0.2) is 19.3 Å². The van der Waals surface area contributed by atoms with Gasteiger partial charge >= 0.3 is 0 Å². The third kappa shape index (κ3) is 3.78. The first-order valence-electron chi connectivity index (χ1n) is 6.85. The number of methoxy groups -OCH3 is 2. The Hall–Kier alpha value is -2.42. The number of hydrogen-bond donors (Lipinski definition) is 1. The Morgan fingerprint density at radius 2 is 1.29 bits per heavy atom. The highest BCUT2D eigenvalue weighted by Gasteiger charge is 2.13. The van der Waals surface area contributed by atoms with Gasteiger partial charge in [-0.2, -0.15) is 0 Å². The van der Waals surface area contributed by atoms with Gasteiger partial charge in [0, 0.05) is 5.92 Å². The van der Waals surface area contributed by atoms with Crippen LogP contribution < -0.4 is 9.47 Å². The van der Waals surface area contributed by atoms with Gasteiger partial charge in [0.2, 0.25) is 0 Å². The Morgan fingerprint density at radius 3 is 1.62 bits per heavy atom. The van der Waals surface area contributed by atoms with E-state index in [2.05, 4.69) is 24.3 Å². The van der Waals surface area contributed by atoms with Gasteiger partial charge in [0.25, 0.3) is 0 Å². The molecule has 21 heavy (non-hydrogen) atoms. The molecule has 0 atom stereocenters. The second kappa shape index (κ2) is 7.39. The van der Waals surface area contributed by atoms with Crippen LogP contribution in [0.25, 0.3) is 0 Å². The standard InChI is InChI=1S/C18H20O3/c1-20-16-9-5-14(6-10-16)18(4-3-13-19)15-7-11-17(21-2)12-8-15/h3,5-13,18-19H,4H2,1-2H3. The van der Waals surface area contributed by atoms with Gasteiger partial charge in [0.15, 0.2) is 0 Å². The van der Waals surface area contributed by atoms with Gasteiger partial charge in [-0.15, -0.1) is 0 Å². The molecule has 3 heteroatoms. The molecule has 0 heterocycles. The molecule has 3 nitrogen and oxygen atoms in total. The van der Waals surface area contributed by atoms with Crippen molar-refractivity contribution in [2.24, 2.45) is 0 Å². The average molecular weight is 284 g/mol. The van der Waals surface area contributed by atoms with Crippen LogP contribution in [0.15, 0.2) is 60.9 Å². The summed E-state index contributed by atoms with van der Waals surface area (Å²) in [4.78, 5) is 0. The quantitative estimate of drug-likeness (QED) is 0.804. The highest BCUT2D eigenvalue weighted by atomic mass is 16.5. The fourth-order valence-corrected chi connectivity index (χ4v) is 2.33. The van der Waals surface area contributed by atoms with Gasteiger partial charge in [0.1, 0.15) is 11.5 Å². The number of allylic oxidation sites excluding steroid dienone is 1. The molecule has 1 N–H and O–H groups in total. The van der Waals surface area contributed by atoms with E-state index in [1.807, 2.05) is 24.3 Å². The van der Waals surface area contributed by atoms with Crippen molar-refractivity contribution in [3.05, 3.63) is 72.0 Å². The largest absolute Gasteiger partial charge is 0.516 e. The molecular weight excluding hydrogens is 264 g/mol. The predicted octanol–water partition coefficient (Wildman–Crippen LogP) is 4.30. The van der Waals surface area contributed by atoms with E-state index in [1.54, 1.807) is 20.3 Å². The lowest BCUT2D eigenvalue weighted by molar-refractivity contribution is 0.414. The maximum absolute atomic E-state index is 8.95. The summed E-state index contributed by atoms with van der Waals surface area (Å²) in [5.41, 5.74) is 2.36. The summed E-state index contributed by atoms with van der Waals surface area (Å²) in [5, 5.41) is 8.95. The summed E-state index contributed by atoms with van der Waals surface area (Å²) in [5.74, 6) is 1.86. The first-order valence-corrected chi connectivity index (χ1v) is 6.85. The SMILES string of the molecule is COc1ccc(C(CC=CO)c2ccc(OC)cc2)cc1. The molecule has 0 aliphatic rings. The highest BCUT2D eigenvalue weighted by molar-refractivity contribution is 5.38. The molecule has 0 aliphatic carbocycles. The van der Waals surface area contributed by atoms with E-state index in [1.165, 1.54) is 11.1 Å². The van der Waals surface area contributed by atoms with Crippen molar-refractivity contribution in [3.63, 3.8) is 0 Å². The van der Waals surface area contributed by atoms with E-state index in [-0.39, 0.29) is 5.92 Å². The number of rotatable bonds is 6. The van der Waals surface area contributed by atoms with Crippen molar-refractivity contribution in [2.45, 2.75) is 12.3 Å². The van der Waals surface area contributed by atoms with Crippen LogP contribution in [0.3, 0.4) is 0 Å². The highest BCUT2D eigenvalue weighted by Crippen LogP contribution is 2.30.